The van der Waals surface area contributed by atoms with Crippen LogP contribution in [0, 0.1) is 0 Å². The lowest BCUT2D eigenvalue weighted by atomic mass is 10.1. The van der Waals surface area contributed by atoms with Crippen molar-refractivity contribution in [3.05, 3.63) is 71.9 Å². The number of methoxy groups -OCH3 is 1. The molecule has 0 aliphatic carbocycles. The zero-order valence-electron chi connectivity index (χ0n) is 14.1. The van der Waals surface area contributed by atoms with E-state index in [-0.39, 0.29) is 11.6 Å². The first-order valence-electron chi connectivity index (χ1n) is 7.83. The topological polar surface area (TPSA) is 64.1 Å². The number of halogens is 3. The fraction of sp³-hybridized carbons (Fsp3) is 0.105. The van der Waals surface area contributed by atoms with Gasteiger partial charge in [0.2, 0.25) is 5.95 Å². The molecule has 0 atom stereocenters. The number of benzene rings is 2. The van der Waals surface area contributed by atoms with Crippen LogP contribution in [0.5, 0.6) is 0 Å². The van der Waals surface area contributed by atoms with E-state index >= 15 is 0 Å². The van der Waals surface area contributed by atoms with Gasteiger partial charge in [-0.2, -0.15) is 13.2 Å². The van der Waals surface area contributed by atoms with Gasteiger partial charge in [-0.3, -0.25) is 0 Å². The number of rotatable bonds is 4. The molecule has 0 aliphatic heterocycles. The first kappa shape index (κ1) is 18.4. The minimum atomic E-state index is -4.58. The Balaban J connectivity index is 1.94. The Kier molecular flexibility index (Phi) is 5.07. The fourth-order valence-electron chi connectivity index (χ4n) is 2.40. The highest BCUT2D eigenvalue weighted by atomic mass is 19.4. The summed E-state index contributed by atoms with van der Waals surface area (Å²) >= 11 is 0. The van der Waals surface area contributed by atoms with Gasteiger partial charge in [0.05, 0.1) is 18.4 Å². The molecule has 0 aliphatic rings. The number of carbonyl (C=O) groups excluding carboxylic acids is 1. The first-order chi connectivity index (χ1) is 12.9. The molecule has 0 spiro atoms. The number of nitrogens with one attached hydrogen (secondary N) is 1. The molecule has 0 saturated carbocycles. The quantitative estimate of drug-likeness (QED) is 0.672. The van der Waals surface area contributed by atoms with Crippen molar-refractivity contribution >= 4 is 17.6 Å². The minimum Gasteiger partial charge on any atom is -0.465 e. The molecule has 0 unspecified atom stereocenters. The molecule has 0 saturated heterocycles. The Bertz CT molecular complexity index is 943. The third-order valence-electron chi connectivity index (χ3n) is 3.70. The average Bonchev–Trinajstić information content (AvgIpc) is 2.68. The van der Waals surface area contributed by atoms with Crippen molar-refractivity contribution in [1.82, 2.24) is 9.97 Å². The molecule has 0 bridgehead atoms. The highest BCUT2D eigenvalue weighted by molar-refractivity contribution is 5.89. The van der Waals surface area contributed by atoms with Crippen molar-refractivity contribution in [2.75, 3.05) is 12.4 Å². The molecule has 2 aromatic carbocycles. The molecule has 0 amide bonds. The monoisotopic (exact) mass is 373 g/mol. The average molecular weight is 373 g/mol. The highest BCUT2D eigenvalue weighted by Gasteiger charge is 2.35. The normalized spacial score (nSPS) is 11.1. The first-order valence-corrected chi connectivity index (χ1v) is 7.83. The number of nitrogens with zero attached hydrogens (tertiary/aromatic N) is 2. The van der Waals surface area contributed by atoms with Gasteiger partial charge in [-0.15, -0.1) is 0 Å². The minimum absolute atomic E-state index is 0.00710. The standard InChI is InChI=1S/C19H14F3N3O2/c1-27-17(26)13-7-9-14(10-8-13)24-18-23-11-15(19(20,21)22)16(25-18)12-5-3-2-4-6-12/h2-11H,1H3,(H,23,24,25). The van der Waals surface area contributed by atoms with Gasteiger partial charge >= 0.3 is 12.1 Å². The predicted molar refractivity (Wildman–Crippen MR) is 93.5 cm³/mol. The maximum absolute atomic E-state index is 13.3. The van der Waals surface area contributed by atoms with E-state index in [1.807, 2.05) is 0 Å². The summed E-state index contributed by atoms with van der Waals surface area (Å²) in [5.41, 5.74) is 0.0613. The van der Waals surface area contributed by atoms with E-state index in [0.717, 1.165) is 6.20 Å². The Morgan fingerprint density at radius 1 is 1.04 bits per heavy atom. The lowest BCUT2D eigenvalue weighted by Crippen LogP contribution is -2.11. The second kappa shape index (κ2) is 7.45. The van der Waals surface area contributed by atoms with Gasteiger partial charge in [-0.05, 0) is 24.3 Å². The van der Waals surface area contributed by atoms with E-state index in [9.17, 15) is 18.0 Å². The van der Waals surface area contributed by atoms with E-state index in [1.165, 1.54) is 19.2 Å². The van der Waals surface area contributed by atoms with Crippen LogP contribution < -0.4 is 5.32 Å². The Hall–Kier alpha value is -3.42. The number of anilines is 2. The van der Waals surface area contributed by atoms with Crippen LogP contribution in [-0.2, 0) is 10.9 Å². The molecular weight excluding hydrogens is 359 g/mol. The lowest BCUT2D eigenvalue weighted by Gasteiger charge is -2.13. The molecule has 1 aromatic heterocycles. The Labute approximate surface area is 152 Å². The molecular formula is C19H14F3N3O2. The van der Waals surface area contributed by atoms with Crippen LogP contribution in [0.3, 0.4) is 0 Å². The van der Waals surface area contributed by atoms with Crippen molar-refractivity contribution < 1.29 is 22.7 Å². The van der Waals surface area contributed by atoms with Gasteiger partial charge in [0, 0.05) is 17.4 Å². The summed E-state index contributed by atoms with van der Waals surface area (Å²) in [5.74, 6) is -0.480. The third-order valence-corrected chi connectivity index (χ3v) is 3.70. The maximum atomic E-state index is 13.3. The Morgan fingerprint density at radius 2 is 1.70 bits per heavy atom. The Morgan fingerprint density at radius 3 is 2.30 bits per heavy atom. The van der Waals surface area contributed by atoms with Crippen LogP contribution in [-0.4, -0.2) is 23.0 Å². The zero-order valence-corrected chi connectivity index (χ0v) is 14.1. The molecule has 5 nitrogen and oxygen atoms in total. The number of aromatic nitrogens is 2. The fourth-order valence-corrected chi connectivity index (χ4v) is 2.40. The molecule has 138 valence electrons. The SMILES string of the molecule is COC(=O)c1ccc(Nc2ncc(C(F)(F)F)c(-c3ccccc3)n2)cc1. The molecule has 3 rings (SSSR count). The van der Waals surface area contributed by atoms with E-state index in [4.69, 9.17) is 0 Å². The van der Waals surface area contributed by atoms with Crippen LogP contribution >= 0.6 is 0 Å². The number of esters is 1. The summed E-state index contributed by atoms with van der Waals surface area (Å²) in [6, 6.07) is 14.3. The number of carbonyl (C=O) groups is 1. The van der Waals surface area contributed by atoms with Gasteiger partial charge in [-0.25, -0.2) is 14.8 Å². The van der Waals surface area contributed by atoms with E-state index in [2.05, 4.69) is 20.0 Å². The second-order valence-electron chi connectivity index (χ2n) is 5.51. The second-order valence-corrected chi connectivity index (χ2v) is 5.51. The van der Waals surface area contributed by atoms with Crippen LogP contribution in [0.2, 0.25) is 0 Å². The third kappa shape index (κ3) is 4.22. The number of ether oxygens (including phenoxy) is 1. The molecule has 27 heavy (non-hydrogen) atoms. The largest absolute Gasteiger partial charge is 0.465 e. The van der Waals surface area contributed by atoms with Gasteiger partial charge in [0.15, 0.2) is 0 Å². The highest BCUT2D eigenvalue weighted by Crippen LogP contribution is 2.36. The van der Waals surface area contributed by atoms with Crippen LogP contribution in [0.15, 0.2) is 60.8 Å². The van der Waals surface area contributed by atoms with Crippen molar-refractivity contribution in [2.45, 2.75) is 6.18 Å². The zero-order chi connectivity index (χ0) is 19.4. The number of alkyl halides is 3. The molecule has 3 aromatic rings. The van der Waals surface area contributed by atoms with Crippen LogP contribution in [0.4, 0.5) is 24.8 Å². The van der Waals surface area contributed by atoms with Crippen molar-refractivity contribution in [3.8, 4) is 11.3 Å². The van der Waals surface area contributed by atoms with Gasteiger partial charge in [-0.1, -0.05) is 30.3 Å². The van der Waals surface area contributed by atoms with Gasteiger partial charge in [0.25, 0.3) is 0 Å². The van der Waals surface area contributed by atoms with Crippen molar-refractivity contribution in [2.24, 2.45) is 0 Å². The summed E-state index contributed by atoms with van der Waals surface area (Å²) < 4.78 is 44.5. The number of hydrogen-bond donors (Lipinski definition) is 1. The molecule has 1 N–H and O–H groups in total. The van der Waals surface area contributed by atoms with Crippen molar-refractivity contribution in [3.63, 3.8) is 0 Å². The summed E-state index contributed by atoms with van der Waals surface area (Å²) in [6.07, 6.45) is -3.83. The van der Waals surface area contributed by atoms with Crippen molar-refractivity contribution in [1.29, 1.82) is 0 Å². The summed E-state index contributed by atoms with van der Waals surface area (Å²) in [7, 11) is 1.27. The lowest BCUT2D eigenvalue weighted by molar-refractivity contribution is -0.137. The molecule has 1 heterocycles. The summed E-state index contributed by atoms with van der Waals surface area (Å²) in [4.78, 5) is 19.3. The predicted octanol–water partition coefficient (Wildman–Crippen LogP) is 4.69. The molecule has 0 fully saturated rings. The summed E-state index contributed by atoms with van der Waals surface area (Å²) in [6.45, 7) is 0. The van der Waals surface area contributed by atoms with Gasteiger partial charge in [0.1, 0.15) is 5.56 Å². The van der Waals surface area contributed by atoms with Crippen LogP contribution in [0.1, 0.15) is 15.9 Å². The summed E-state index contributed by atoms with van der Waals surface area (Å²) in [5, 5.41) is 2.84. The maximum Gasteiger partial charge on any atom is 0.419 e. The molecule has 0 radical (unpaired) electrons. The van der Waals surface area contributed by atoms with E-state index < -0.39 is 17.7 Å². The van der Waals surface area contributed by atoms with Crippen LogP contribution in [0.25, 0.3) is 11.3 Å². The molecule has 8 heteroatoms. The van der Waals surface area contributed by atoms with Gasteiger partial charge < -0.3 is 10.1 Å². The van der Waals surface area contributed by atoms with E-state index in [0.29, 0.717) is 16.8 Å². The smallest absolute Gasteiger partial charge is 0.419 e. The van der Waals surface area contributed by atoms with E-state index in [1.54, 1.807) is 42.5 Å². The number of hydrogen-bond acceptors (Lipinski definition) is 5.